The van der Waals surface area contributed by atoms with Crippen molar-refractivity contribution in [3.63, 3.8) is 0 Å². The molecule has 14 heavy (non-hydrogen) atoms. The second kappa shape index (κ2) is 5.12. The maximum absolute atomic E-state index is 9.53. The van der Waals surface area contributed by atoms with Crippen LogP contribution in [0, 0.1) is 5.92 Å². The first-order valence-electron chi connectivity index (χ1n) is 4.48. The Kier molecular flexibility index (Phi) is 4.10. The standard InChI is InChI=1S/C9H14ClN3O/c1-6(2)8(14)4-12-9-7(10)3-11-5-13-9/h3,5-6,8,14H,4H2,1-2H3,(H,11,12,13). The smallest absolute Gasteiger partial charge is 0.148 e. The van der Waals surface area contributed by atoms with E-state index in [-0.39, 0.29) is 5.92 Å². The molecule has 0 fully saturated rings. The van der Waals surface area contributed by atoms with Crippen LogP contribution in [0.2, 0.25) is 5.02 Å². The van der Waals surface area contributed by atoms with E-state index in [9.17, 15) is 5.11 Å². The Hall–Kier alpha value is -0.870. The molecular formula is C9H14ClN3O. The number of halogens is 1. The maximum Gasteiger partial charge on any atom is 0.148 e. The fourth-order valence-corrected chi connectivity index (χ4v) is 1.05. The highest BCUT2D eigenvalue weighted by Gasteiger charge is 2.09. The van der Waals surface area contributed by atoms with Crippen LogP contribution in [0.4, 0.5) is 5.82 Å². The van der Waals surface area contributed by atoms with Crippen LogP contribution >= 0.6 is 11.6 Å². The van der Waals surface area contributed by atoms with Gasteiger partial charge in [-0.3, -0.25) is 0 Å². The van der Waals surface area contributed by atoms with E-state index >= 15 is 0 Å². The van der Waals surface area contributed by atoms with Gasteiger partial charge in [-0.1, -0.05) is 25.4 Å². The molecule has 78 valence electrons. The molecule has 4 nitrogen and oxygen atoms in total. The highest BCUT2D eigenvalue weighted by atomic mass is 35.5. The van der Waals surface area contributed by atoms with E-state index < -0.39 is 6.10 Å². The van der Waals surface area contributed by atoms with Crippen molar-refractivity contribution < 1.29 is 5.11 Å². The number of hydrogen-bond donors (Lipinski definition) is 2. The molecule has 0 amide bonds. The van der Waals surface area contributed by atoms with Gasteiger partial charge < -0.3 is 10.4 Å². The molecule has 0 spiro atoms. The van der Waals surface area contributed by atoms with Gasteiger partial charge in [-0.25, -0.2) is 9.97 Å². The van der Waals surface area contributed by atoms with Crippen LogP contribution in [0.1, 0.15) is 13.8 Å². The summed E-state index contributed by atoms with van der Waals surface area (Å²) in [6.07, 6.45) is 2.52. The minimum absolute atomic E-state index is 0.211. The number of aliphatic hydroxyl groups is 1. The summed E-state index contributed by atoms with van der Waals surface area (Å²) in [5.41, 5.74) is 0. The van der Waals surface area contributed by atoms with Gasteiger partial charge in [-0.15, -0.1) is 0 Å². The molecule has 0 aromatic carbocycles. The zero-order chi connectivity index (χ0) is 10.6. The summed E-state index contributed by atoms with van der Waals surface area (Å²) in [6.45, 7) is 4.34. The molecule has 0 aliphatic rings. The van der Waals surface area contributed by atoms with Crippen molar-refractivity contribution in [3.8, 4) is 0 Å². The van der Waals surface area contributed by atoms with E-state index in [2.05, 4.69) is 15.3 Å². The van der Waals surface area contributed by atoms with Gasteiger partial charge in [-0.05, 0) is 5.92 Å². The van der Waals surface area contributed by atoms with Gasteiger partial charge in [0.1, 0.15) is 17.2 Å². The summed E-state index contributed by atoms with van der Waals surface area (Å²) >= 11 is 5.82. The highest BCUT2D eigenvalue weighted by molar-refractivity contribution is 6.32. The largest absolute Gasteiger partial charge is 0.391 e. The second-order valence-electron chi connectivity index (χ2n) is 3.41. The number of nitrogens with zero attached hydrogens (tertiary/aromatic N) is 2. The first kappa shape index (κ1) is 11.2. The minimum atomic E-state index is -0.402. The predicted molar refractivity (Wildman–Crippen MR) is 56.4 cm³/mol. The first-order chi connectivity index (χ1) is 6.61. The topological polar surface area (TPSA) is 58.0 Å². The van der Waals surface area contributed by atoms with Gasteiger partial charge in [0.15, 0.2) is 0 Å². The highest BCUT2D eigenvalue weighted by Crippen LogP contribution is 2.16. The number of nitrogens with one attached hydrogen (secondary N) is 1. The normalized spacial score (nSPS) is 12.9. The minimum Gasteiger partial charge on any atom is -0.391 e. The van der Waals surface area contributed by atoms with E-state index in [1.807, 2.05) is 13.8 Å². The second-order valence-corrected chi connectivity index (χ2v) is 3.82. The Morgan fingerprint density at radius 1 is 1.57 bits per heavy atom. The van der Waals surface area contributed by atoms with Crippen LogP contribution in [-0.2, 0) is 0 Å². The van der Waals surface area contributed by atoms with Gasteiger partial charge in [0.25, 0.3) is 0 Å². The maximum atomic E-state index is 9.53. The SMILES string of the molecule is CC(C)C(O)CNc1ncncc1Cl. The summed E-state index contributed by atoms with van der Waals surface area (Å²) in [5.74, 6) is 0.768. The molecule has 0 bridgehead atoms. The molecule has 1 heterocycles. The van der Waals surface area contributed by atoms with Gasteiger partial charge in [0.2, 0.25) is 0 Å². The molecule has 1 unspecified atom stereocenters. The van der Waals surface area contributed by atoms with Crippen molar-refractivity contribution in [3.05, 3.63) is 17.5 Å². The van der Waals surface area contributed by atoms with E-state index in [1.165, 1.54) is 12.5 Å². The van der Waals surface area contributed by atoms with Crippen LogP contribution < -0.4 is 5.32 Å². The third-order valence-electron chi connectivity index (χ3n) is 1.92. The van der Waals surface area contributed by atoms with Crippen LogP contribution in [-0.4, -0.2) is 27.7 Å². The Balaban J connectivity index is 2.50. The average molecular weight is 216 g/mol. The summed E-state index contributed by atoms with van der Waals surface area (Å²) < 4.78 is 0. The molecule has 0 radical (unpaired) electrons. The Bertz CT molecular complexity index is 293. The van der Waals surface area contributed by atoms with E-state index in [4.69, 9.17) is 11.6 Å². The first-order valence-corrected chi connectivity index (χ1v) is 4.86. The molecule has 0 saturated heterocycles. The number of anilines is 1. The molecule has 5 heteroatoms. The number of aromatic nitrogens is 2. The zero-order valence-corrected chi connectivity index (χ0v) is 8.99. The lowest BCUT2D eigenvalue weighted by Crippen LogP contribution is -2.25. The molecule has 1 aromatic rings. The molecule has 1 atom stereocenters. The summed E-state index contributed by atoms with van der Waals surface area (Å²) in [7, 11) is 0. The van der Waals surface area contributed by atoms with E-state index in [1.54, 1.807) is 0 Å². The quantitative estimate of drug-likeness (QED) is 0.801. The van der Waals surface area contributed by atoms with Crippen molar-refractivity contribution in [2.75, 3.05) is 11.9 Å². The van der Waals surface area contributed by atoms with E-state index in [0.717, 1.165) is 0 Å². The Morgan fingerprint density at radius 2 is 2.29 bits per heavy atom. The number of hydrogen-bond acceptors (Lipinski definition) is 4. The van der Waals surface area contributed by atoms with Crippen molar-refractivity contribution in [1.82, 2.24) is 9.97 Å². The van der Waals surface area contributed by atoms with E-state index in [0.29, 0.717) is 17.4 Å². The number of aliphatic hydroxyl groups excluding tert-OH is 1. The Morgan fingerprint density at radius 3 is 2.86 bits per heavy atom. The molecule has 1 rings (SSSR count). The molecule has 0 saturated carbocycles. The molecule has 1 aromatic heterocycles. The molecule has 2 N–H and O–H groups in total. The summed E-state index contributed by atoms with van der Waals surface area (Å²) in [5, 5.41) is 13.0. The van der Waals surface area contributed by atoms with Crippen molar-refractivity contribution >= 4 is 17.4 Å². The fraction of sp³-hybridized carbons (Fsp3) is 0.556. The summed E-state index contributed by atoms with van der Waals surface area (Å²) in [4.78, 5) is 7.71. The Labute approximate surface area is 88.3 Å². The monoisotopic (exact) mass is 215 g/mol. The van der Waals surface area contributed by atoms with Crippen LogP contribution in [0.25, 0.3) is 0 Å². The van der Waals surface area contributed by atoms with Crippen molar-refractivity contribution in [1.29, 1.82) is 0 Å². The van der Waals surface area contributed by atoms with Crippen LogP contribution in [0.15, 0.2) is 12.5 Å². The summed E-state index contributed by atoms with van der Waals surface area (Å²) in [6, 6.07) is 0. The number of rotatable bonds is 4. The average Bonchev–Trinajstić information content (AvgIpc) is 2.16. The lowest BCUT2D eigenvalue weighted by atomic mass is 10.1. The molecular weight excluding hydrogens is 202 g/mol. The lowest BCUT2D eigenvalue weighted by molar-refractivity contribution is 0.138. The van der Waals surface area contributed by atoms with Crippen molar-refractivity contribution in [2.45, 2.75) is 20.0 Å². The third-order valence-corrected chi connectivity index (χ3v) is 2.19. The lowest BCUT2D eigenvalue weighted by Gasteiger charge is -2.15. The van der Waals surface area contributed by atoms with Gasteiger partial charge >= 0.3 is 0 Å². The van der Waals surface area contributed by atoms with Gasteiger partial charge in [-0.2, -0.15) is 0 Å². The van der Waals surface area contributed by atoms with Gasteiger partial charge in [0, 0.05) is 6.54 Å². The molecule has 0 aliphatic heterocycles. The fourth-order valence-electron chi connectivity index (χ4n) is 0.880. The predicted octanol–water partition coefficient (Wildman–Crippen LogP) is 1.56. The zero-order valence-electron chi connectivity index (χ0n) is 8.24. The van der Waals surface area contributed by atoms with Crippen LogP contribution in [0.3, 0.4) is 0 Å². The van der Waals surface area contributed by atoms with Crippen molar-refractivity contribution in [2.24, 2.45) is 5.92 Å². The van der Waals surface area contributed by atoms with Crippen LogP contribution in [0.5, 0.6) is 0 Å². The van der Waals surface area contributed by atoms with Gasteiger partial charge in [0.05, 0.1) is 12.3 Å². The third kappa shape index (κ3) is 3.12. The molecule has 0 aliphatic carbocycles.